The summed E-state index contributed by atoms with van der Waals surface area (Å²) in [5.74, 6) is -0.497. The van der Waals surface area contributed by atoms with Crippen molar-refractivity contribution in [3.8, 4) is 5.69 Å². The van der Waals surface area contributed by atoms with Crippen LogP contribution in [0.2, 0.25) is 5.15 Å². The number of aryl methyl sites for hydroxylation is 1. The number of aromatic nitrogens is 4. The number of fused-ring (bicyclic) bond motifs is 1. The number of nitrogens with zero attached hydrogens (tertiary/aromatic N) is 4. The van der Waals surface area contributed by atoms with Crippen LogP contribution in [0.25, 0.3) is 22.8 Å². The molecule has 0 fully saturated rings. The average molecular weight is 405 g/mol. The minimum atomic E-state index is -0.497. The van der Waals surface area contributed by atoms with Crippen molar-refractivity contribution < 1.29 is 9.53 Å². The second-order valence-corrected chi connectivity index (χ2v) is 6.68. The van der Waals surface area contributed by atoms with Crippen LogP contribution in [-0.2, 0) is 16.1 Å². The van der Waals surface area contributed by atoms with Crippen LogP contribution in [0.15, 0.2) is 66.9 Å². The Kier molecular flexibility index (Phi) is 5.35. The van der Waals surface area contributed by atoms with Crippen LogP contribution in [0.1, 0.15) is 17.0 Å². The Morgan fingerprint density at radius 3 is 2.62 bits per heavy atom. The van der Waals surface area contributed by atoms with Crippen molar-refractivity contribution in [2.75, 3.05) is 0 Å². The second kappa shape index (κ2) is 8.24. The minimum Gasteiger partial charge on any atom is -0.457 e. The number of hydrogen-bond donors (Lipinski definition) is 0. The quantitative estimate of drug-likeness (QED) is 0.361. The number of hydrogen-bond acceptors (Lipinski definition) is 5. The summed E-state index contributed by atoms with van der Waals surface area (Å²) >= 11 is 6.45. The summed E-state index contributed by atoms with van der Waals surface area (Å²) in [5.41, 5.74) is 4.35. The first-order valence-corrected chi connectivity index (χ1v) is 9.35. The second-order valence-electron chi connectivity index (χ2n) is 6.33. The normalized spacial score (nSPS) is 11.2. The van der Waals surface area contributed by atoms with Gasteiger partial charge in [0.05, 0.1) is 34.3 Å². The zero-order valence-corrected chi connectivity index (χ0v) is 16.4. The largest absolute Gasteiger partial charge is 0.457 e. The van der Waals surface area contributed by atoms with E-state index in [0.29, 0.717) is 22.1 Å². The van der Waals surface area contributed by atoms with Crippen molar-refractivity contribution in [2.24, 2.45) is 0 Å². The van der Waals surface area contributed by atoms with Crippen molar-refractivity contribution in [3.63, 3.8) is 0 Å². The van der Waals surface area contributed by atoms with E-state index in [0.717, 1.165) is 16.7 Å². The van der Waals surface area contributed by atoms with Gasteiger partial charge in [-0.25, -0.2) is 14.5 Å². The Morgan fingerprint density at radius 1 is 1.10 bits per heavy atom. The molecule has 29 heavy (non-hydrogen) atoms. The van der Waals surface area contributed by atoms with E-state index in [1.807, 2.05) is 61.5 Å². The van der Waals surface area contributed by atoms with Gasteiger partial charge in [0, 0.05) is 11.6 Å². The van der Waals surface area contributed by atoms with Crippen LogP contribution in [0, 0.1) is 6.92 Å². The maximum absolute atomic E-state index is 12.1. The highest BCUT2D eigenvalue weighted by Crippen LogP contribution is 2.24. The standard InChI is InChI=1S/C22H17ClN4O2/c1-15-18(22(23)27(26-15)17-7-3-2-4-8-17)14-29-21(28)12-11-16-13-24-19-9-5-6-10-20(19)25-16/h2-13H,14H2,1H3/b12-11+. The first-order chi connectivity index (χ1) is 14.1. The lowest BCUT2D eigenvalue weighted by Crippen LogP contribution is -2.02. The minimum absolute atomic E-state index is 0.0318. The highest BCUT2D eigenvalue weighted by Gasteiger charge is 2.15. The molecule has 0 saturated heterocycles. The predicted molar refractivity (Wildman–Crippen MR) is 112 cm³/mol. The summed E-state index contributed by atoms with van der Waals surface area (Å²) in [5, 5.41) is 4.86. The van der Waals surface area contributed by atoms with Gasteiger partial charge >= 0.3 is 5.97 Å². The fourth-order valence-corrected chi connectivity index (χ4v) is 3.16. The first kappa shape index (κ1) is 18.8. The van der Waals surface area contributed by atoms with E-state index in [2.05, 4.69) is 15.1 Å². The van der Waals surface area contributed by atoms with Gasteiger partial charge in [-0.3, -0.25) is 4.98 Å². The summed E-state index contributed by atoms with van der Waals surface area (Å²) in [6.07, 6.45) is 4.50. The highest BCUT2D eigenvalue weighted by molar-refractivity contribution is 6.30. The summed E-state index contributed by atoms with van der Waals surface area (Å²) in [6, 6.07) is 17.1. The maximum Gasteiger partial charge on any atom is 0.331 e. The van der Waals surface area contributed by atoms with Crippen LogP contribution in [-0.4, -0.2) is 25.7 Å². The number of benzene rings is 2. The Hall–Kier alpha value is -3.51. The van der Waals surface area contributed by atoms with Gasteiger partial charge in [-0.05, 0) is 37.3 Å². The molecule has 4 aromatic rings. The molecule has 4 rings (SSSR count). The van der Waals surface area contributed by atoms with Gasteiger partial charge < -0.3 is 4.74 Å². The van der Waals surface area contributed by atoms with Crippen molar-refractivity contribution in [3.05, 3.63) is 89.0 Å². The van der Waals surface area contributed by atoms with E-state index in [1.54, 1.807) is 17.0 Å². The molecule has 2 aromatic heterocycles. The molecule has 0 radical (unpaired) electrons. The molecule has 0 unspecified atom stereocenters. The number of halogens is 1. The van der Waals surface area contributed by atoms with E-state index in [9.17, 15) is 4.79 Å². The molecule has 2 heterocycles. The Morgan fingerprint density at radius 2 is 1.83 bits per heavy atom. The van der Waals surface area contributed by atoms with E-state index in [1.165, 1.54) is 6.08 Å². The molecule has 6 nitrogen and oxygen atoms in total. The van der Waals surface area contributed by atoms with Crippen molar-refractivity contribution in [1.82, 2.24) is 19.7 Å². The monoisotopic (exact) mass is 404 g/mol. The summed E-state index contributed by atoms with van der Waals surface area (Å²) in [7, 11) is 0. The molecule has 0 atom stereocenters. The van der Waals surface area contributed by atoms with Crippen molar-refractivity contribution in [1.29, 1.82) is 0 Å². The molecule has 0 aliphatic carbocycles. The fourth-order valence-electron chi connectivity index (χ4n) is 2.83. The molecule has 0 N–H and O–H groups in total. The van der Waals surface area contributed by atoms with E-state index >= 15 is 0 Å². The Bertz CT molecular complexity index is 1200. The molecule has 0 spiro atoms. The van der Waals surface area contributed by atoms with Crippen LogP contribution in [0.4, 0.5) is 0 Å². The van der Waals surface area contributed by atoms with Crippen LogP contribution in [0.5, 0.6) is 0 Å². The summed E-state index contributed by atoms with van der Waals surface area (Å²) in [6.45, 7) is 1.86. The first-order valence-electron chi connectivity index (χ1n) is 8.98. The molecular weight excluding hydrogens is 388 g/mol. The van der Waals surface area contributed by atoms with Gasteiger partial charge in [0.15, 0.2) is 0 Å². The lowest BCUT2D eigenvalue weighted by atomic mass is 10.3. The third kappa shape index (κ3) is 4.17. The summed E-state index contributed by atoms with van der Waals surface area (Å²) < 4.78 is 6.96. The molecule has 0 saturated carbocycles. The van der Waals surface area contributed by atoms with Gasteiger partial charge in [-0.15, -0.1) is 0 Å². The number of carbonyl (C=O) groups excluding carboxylic acids is 1. The predicted octanol–water partition coefficient (Wildman–Crippen LogP) is 4.53. The van der Waals surface area contributed by atoms with Gasteiger partial charge in [0.1, 0.15) is 11.8 Å². The number of para-hydroxylation sites is 3. The molecule has 0 aliphatic rings. The molecule has 0 aliphatic heterocycles. The SMILES string of the molecule is Cc1nn(-c2ccccc2)c(Cl)c1COC(=O)/C=C/c1cnc2ccccc2n1. The number of esters is 1. The van der Waals surface area contributed by atoms with Gasteiger partial charge in [0.25, 0.3) is 0 Å². The third-order valence-electron chi connectivity index (χ3n) is 4.34. The molecule has 0 bridgehead atoms. The van der Waals surface area contributed by atoms with Gasteiger partial charge in [0.2, 0.25) is 0 Å². The molecular formula is C22H17ClN4O2. The number of ether oxygens (including phenoxy) is 1. The van der Waals surface area contributed by atoms with Crippen LogP contribution in [0.3, 0.4) is 0 Å². The zero-order valence-electron chi connectivity index (χ0n) is 15.6. The number of rotatable bonds is 5. The molecule has 144 valence electrons. The zero-order chi connectivity index (χ0) is 20.2. The topological polar surface area (TPSA) is 69.9 Å². The Labute approximate surface area is 172 Å². The third-order valence-corrected chi connectivity index (χ3v) is 4.73. The van der Waals surface area contributed by atoms with Gasteiger partial charge in [-0.2, -0.15) is 5.10 Å². The number of carbonyl (C=O) groups is 1. The average Bonchev–Trinajstić information content (AvgIpc) is 3.04. The molecule has 0 amide bonds. The lowest BCUT2D eigenvalue weighted by Gasteiger charge is -2.04. The van der Waals surface area contributed by atoms with Gasteiger partial charge in [-0.1, -0.05) is 41.9 Å². The lowest BCUT2D eigenvalue weighted by molar-refractivity contribution is -0.138. The Balaban J connectivity index is 1.44. The van der Waals surface area contributed by atoms with E-state index < -0.39 is 5.97 Å². The fraction of sp³-hybridized carbons (Fsp3) is 0.0909. The highest BCUT2D eigenvalue weighted by atomic mass is 35.5. The van der Waals surface area contributed by atoms with Crippen molar-refractivity contribution >= 4 is 34.7 Å². The maximum atomic E-state index is 12.1. The summed E-state index contributed by atoms with van der Waals surface area (Å²) in [4.78, 5) is 20.9. The van der Waals surface area contributed by atoms with Crippen LogP contribution >= 0.6 is 11.6 Å². The van der Waals surface area contributed by atoms with Crippen molar-refractivity contribution in [2.45, 2.75) is 13.5 Å². The van der Waals surface area contributed by atoms with E-state index in [4.69, 9.17) is 16.3 Å². The molecule has 7 heteroatoms. The van der Waals surface area contributed by atoms with Crippen LogP contribution < -0.4 is 0 Å². The molecule has 2 aromatic carbocycles. The van der Waals surface area contributed by atoms with E-state index in [-0.39, 0.29) is 6.61 Å². The smallest absolute Gasteiger partial charge is 0.331 e.